The number of ether oxygens (including phenoxy) is 1. The average Bonchev–Trinajstić information content (AvgIpc) is 2.60. The molecule has 2 N–H and O–H groups in total. The summed E-state index contributed by atoms with van der Waals surface area (Å²) in [4.78, 5) is 16.6. The molecule has 1 heterocycles. The van der Waals surface area contributed by atoms with Gasteiger partial charge >= 0.3 is 0 Å². The van der Waals surface area contributed by atoms with Crippen LogP contribution in [0.4, 0.5) is 5.69 Å². The van der Waals surface area contributed by atoms with Crippen LogP contribution in [0.1, 0.15) is 23.1 Å². The lowest BCUT2D eigenvalue weighted by Gasteiger charge is -2.13. The molecular weight excluding hydrogens is 322 g/mol. The molecule has 25 heavy (non-hydrogen) atoms. The summed E-state index contributed by atoms with van der Waals surface area (Å²) in [5, 5.41) is 29.0. The van der Waals surface area contributed by atoms with Gasteiger partial charge in [-0.3, -0.25) is 14.4 Å². The van der Waals surface area contributed by atoms with Crippen molar-refractivity contribution >= 4 is 11.9 Å². The molecule has 0 bridgehead atoms. The fourth-order valence-electron chi connectivity index (χ4n) is 2.38. The molecule has 0 unspecified atom stereocenters. The van der Waals surface area contributed by atoms with Crippen LogP contribution in [-0.4, -0.2) is 34.7 Å². The van der Waals surface area contributed by atoms with Gasteiger partial charge in [0.05, 0.1) is 11.3 Å². The third kappa shape index (κ3) is 4.05. The number of hydrogen-bond acceptors (Lipinski definition) is 6. The Bertz CT molecular complexity index is 877. The molecule has 0 aliphatic carbocycles. The van der Waals surface area contributed by atoms with Crippen molar-refractivity contribution in [1.82, 2.24) is 4.57 Å². The van der Waals surface area contributed by atoms with Crippen molar-refractivity contribution in [1.29, 1.82) is 5.26 Å². The summed E-state index contributed by atoms with van der Waals surface area (Å²) in [5.41, 5.74) is 0.683. The summed E-state index contributed by atoms with van der Waals surface area (Å²) in [6, 6.07) is 8.10. The molecular formula is C18H19N3O4. The average molecular weight is 341 g/mol. The number of hydrogen-bond donors (Lipinski definition) is 2. The van der Waals surface area contributed by atoms with Crippen molar-refractivity contribution in [2.24, 2.45) is 4.99 Å². The molecule has 1 aromatic heterocycles. The predicted molar refractivity (Wildman–Crippen MR) is 93.7 cm³/mol. The van der Waals surface area contributed by atoms with Crippen molar-refractivity contribution in [3.8, 4) is 17.7 Å². The summed E-state index contributed by atoms with van der Waals surface area (Å²) >= 11 is 0. The van der Waals surface area contributed by atoms with E-state index < -0.39 is 5.56 Å². The van der Waals surface area contributed by atoms with Crippen LogP contribution in [-0.2, 0) is 11.3 Å². The van der Waals surface area contributed by atoms with E-state index in [1.165, 1.54) is 18.3 Å². The first-order valence-corrected chi connectivity index (χ1v) is 7.68. The van der Waals surface area contributed by atoms with Crippen molar-refractivity contribution in [3.63, 3.8) is 0 Å². The monoisotopic (exact) mass is 341 g/mol. The highest BCUT2D eigenvalue weighted by molar-refractivity contribution is 5.87. The smallest absolute Gasteiger partial charge is 0.271 e. The van der Waals surface area contributed by atoms with Crippen LogP contribution >= 0.6 is 0 Å². The minimum Gasteiger partial charge on any atom is -0.508 e. The van der Waals surface area contributed by atoms with Crippen molar-refractivity contribution in [3.05, 3.63) is 51.3 Å². The molecule has 2 rings (SSSR count). The van der Waals surface area contributed by atoms with E-state index in [4.69, 9.17) is 4.74 Å². The quantitative estimate of drug-likeness (QED) is 0.619. The van der Waals surface area contributed by atoms with Gasteiger partial charge in [-0.1, -0.05) is 0 Å². The summed E-state index contributed by atoms with van der Waals surface area (Å²) in [5.74, 6) is -0.114. The Kier molecular flexibility index (Phi) is 5.93. The van der Waals surface area contributed by atoms with Gasteiger partial charge in [0, 0.05) is 26.5 Å². The van der Waals surface area contributed by atoms with Gasteiger partial charge in [0.2, 0.25) is 5.88 Å². The van der Waals surface area contributed by atoms with Gasteiger partial charge in [-0.25, -0.2) is 0 Å². The zero-order valence-corrected chi connectivity index (χ0v) is 14.1. The van der Waals surface area contributed by atoms with Gasteiger partial charge in [-0.2, -0.15) is 5.26 Å². The second-order valence-electron chi connectivity index (χ2n) is 5.43. The molecule has 0 aliphatic heterocycles. The third-order valence-corrected chi connectivity index (χ3v) is 3.77. The molecule has 0 spiro atoms. The minimum atomic E-state index is -0.532. The number of aliphatic imine (C=N–C) groups is 1. The molecule has 0 saturated carbocycles. The molecule has 0 atom stereocenters. The number of phenols is 1. The Morgan fingerprint density at radius 1 is 1.32 bits per heavy atom. The van der Waals surface area contributed by atoms with E-state index in [0.29, 0.717) is 29.8 Å². The van der Waals surface area contributed by atoms with Gasteiger partial charge in [0.1, 0.15) is 17.4 Å². The predicted octanol–water partition coefficient (Wildman–Crippen LogP) is 2.23. The number of phenolic OH excluding ortho intramolecular Hbond substituents is 1. The van der Waals surface area contributed by atoms with Gasteiger partial charge in [0.25, 0.3) is 5.56 Å². The standard InChI is InChI=1S/C18H19N3O4/c1-12-15(10-19)17(23)21(8-3-9-25-2)18(24)16(12)11-20-13-4-6-14(22)7-5-13/h4-7,11,22,24H,3,8-9H2,1-2H3. The van der Waals surface area contributed by atoms with Crippen LogP contribution in [0.5, 0.6) is 11.6 Å². The highest BCUT2D eigenvalue weighted by Crippen LogP contribution is 2.22. The molecule has 130 valence electrons. The van der Waals surface area contributed by atoms with E-state index in [1.807, 2.05) is 6.07 Å². The summed E-state index contributed by atoms with van der Waals surface area (Å²) in [6.07, 6.45) is 1.93. The minimum absolute atomic E-state index is 0.0256. The van der Waals surface area contributed by atoms with Crippen molar-refractivity contribution in [2.75, 3.05) is 13.7 Å². The second kappa shape index (κ2) is 8.13. The first-order chi connectivity index (χ1) is 12.0. The van der Waals surface area contributed by atoms with Gasteiger partial charge < -0.3 is 14.9 Å². The number of aromatic hydroxyl groups is 2. The van der Waals surface area contributed by atoms with Gasteiger partial charge in [-0.15, -0.1) is 0 Å². The zero-order valence-electron chi connectivity index (χ0n) is 14.1. The van der Waals surface area contributed by atoms with Crippen molar-refractivity contribution in [2.45, 2.75) is 19.9 Å². The molecule has 7 nitrogen and oxygen atoms in total. The third-order valence-electron chi connectivity index (χ3n) is 3.77. The largest absolute Gasteiger partial charge is 0.508 e. The van der Waals surface area contributed by atoms with Gasteiger partial charge in [-0.05, 0) is 43.2 Å². The second-order valence-corrected chi connectivity index (χ2v) is 5.43. The molecule has 7 heteroatoms. The fourth-order valence-corrected chi connectivity index (χ4v) is 2.38. The Labute approximate surface area is 145 Å². The molecule has 0 amide bonds. The maximum atomic E-state index is 12.4. The molecule has 0 radical (unpaired) electrons. The van der Waals surface area contributed by atoms with Gasteiger partial charge in [0.15, 0.2) is 0 Å². The molecule has 2 aromatic rings. The lowest BCUT2D eigenvalue weighted by atomic mass is 10.1. The zero-order chi connectivity index (χ0) is 18.4. The highest BCUT2D eigenvalue weighted by atomic mass is 16.5. The first-order valence-electron chi connectivity index (χ1n) is 7.68. The number of nitriles is 1. The number of methoxy groups -OCH3 is 1. The Morgan fingerprint density at radius 3 is 2.60 bits per heavy atom. The maximum absolute atomic E-state index is 12.4. The molecule has 0 aliphatic rings. The lowest BCUT2D eigenvalue weighted by molar-refractivity contribution is 0.188. The van der Waals surface area contributed by atoms with Crippen LogP contribution in [0, 0.1) is 18.3 Å². The van der Waals surface area contributed by atoms with E-state index in [2.05, 4.69) is 4.99 Å². The number of nitrogens with zero attached hydrogens (tertiary/aromatic N) is 3. The molecule has 0 fully saturated rings. The van der Waals surface area contributed by atoms with Crippen LogP contribution < -0.4 is 5.56 Å². The number of pyridine rings is 1. The van der Waals surface area contributed by atoms with E-state index >= 15 is 0 Å². The van der Waals surface area contributed by atoms with Crippen molar-refractivity contribution < 1.29 is 14.9 Å². The van der Waals surface area contributed by atoms with E-state index in [1.54, 1.807) is 26.2 Å². The summed E-state index contributed by atoms with van der Waals surface area (Å²) in [7, 11) is 1.55. The van der Waals surface area contributed by atoms with Crippen LogP contribution in [0.25, 0.3) is 0 Å². The van der Waals surface area contributed by atoms with E-state index in [-0.39, 0.29) is 23.7 Å². The highest BCUT2D eigenvalue weighted by Gasteiger charge is 2.17. The Hall–Kier alpha value is -3.11. The molecule has 1 aromatic carbocycles. The fraction of sp³-hybridized carbons (Fsp3) is 0.278. The van der Waals surface area contributed by atoms with Crippen LogP contribution in [0.3, 0.4) is 0 Å². The molecule has 0 saturated heterocycles. The van der Waals surface area contributed by atoms with Crippen LogP contribution in [0.15, 0.2) is 34.1 Å². The number of benzene rings is 1. The SMILES string of the molecule is COCCCn1c(O)c(C=Nc2ccc(O)cc2)c(C)c(C#N)c1=O. The topological polar surface area (TPSA) is 108 Å². The maximum Gasteiger partial charge on any atom is 0.271 e. The summed E-state index contributed by atoms with van der Waals surface area (Å²) in [6.45, 7) is 2.25. The van der Waals surface area contributed by atoms with E-state index in [0.717, 1.165) is 4.57 Å². The van der Waals surface area contributed by atoms with E-state index in [9.17, 15) is 20.3 Å². The Balaban J connectivity index is 2.49. The number of aromatic nitrogens is 1. The first kappa shape index (κ1) is 18.2. The van der Waals surface area contributed by atoms with Crippen LogP contribution in [0.2, 0.25) is 0 Å². The Morgan fingerprint density at radius 2 is 2.00 bits per heavy atom. The normalized spacial score (nSPS) is 10.9. The number of rotatable bonds is 6. The lowest BCUT2D eigenvalue weighted by Crippen LogP contribution is -2.26. The summed E-state index contributed by atoms with van der Waals surface area (Å²) < 4.78 is 6.12.